The van der Waals surface area contributed by atoms with Crippen LogP contribution < -0.4 is 5.32 Å². The van der Waals surface area contributed by atoms with E-state index >= 15 is 0 Å². The Balaban J connectivity index is 1.86. The van der Waals surface area contributed by atoms with Crippen LogP contribution in [0.25, 0.3) is 0 Å². The fourth-order valence-corrected chi connectivity index (χ4v) is 2.39. The van der Waals surface area contributed by atoms with E-state index in [2.05, 4.69) is 48.5 Å². The minimum Gasteiger partial charge on any atom is -0.383 e. The number of piperidine rings is 1. The first kappa shape index (κ1) is 11.5. The Morgan fingerprint density at radius 2 is 2.25 bits per heavy atom. The van der Waals surface area contributed by atoms with Crippen LogP contribution in [-0.4, -0.2) is 31.1 Å². The van der Waals surface area contributed by atoms with Crippen molar-refractivity contribution in [2.24, 2.45) is 0 Å². The van der Waals surface area contributed by atoms with E-state index in [4.69, 9.17) is 0 Å². The van der Waals surface area contributed by atoms with Crippen molar-refractivity contribution in [3.05, 3.63) is 29.8 Å². The van der Waals surface area contributed by atoms with Crippen molar-refractivity contribution in [2.45, 2.75) is 32.2 Å². The number of rotatable bonds is 3. The summed E-state index contributed by atoms with van der Waals surface area (Å²) in [5.41, 5.74) is 2.57. The van der Waals surface area contributed by atoms with E-state index in [-0.39, 0.29) is 0 Å². The lowest BCUT2D eigenvalue weighted by Crippen LogP contribution is -2.40. The second kappa shape index (κ2) is 5.35. The zero-order chi connectivity index (χ0) is 11.4. The van der Waals surface area contributed by atoms with Crippen LogP contribution in [0, 0.1) is 6.92 Å². The van der Waals surface area contributed by atoms with Crippen LogP contribution >= 0.6 is 0 Å². The monoisotopic (exact) mass is 218 g/mol. The molecule has 1 unspecified atom stereocenters. The fraction of sp³-hybridized carbons (Fsp3) is 0.571. The molecule has 2 rings (SSSR count). The molecule has 1 N–H and O–H groups in total. The Bertz CT molecular complexity index is 335. The minimum atomic E-state index is 0.703. The van der Waals surface area contributed by atoms with Crippen LogP contribution in [-0.2, 0) is 0 Å². The average Bonchev–Trinajstić information content (AvgIpc) is 2.28. The number of likely N-dealkylation sites (tertiary alicyclic amines) is 1. The van der Waals surface area contributed by atoms with Gasteiger partial charge in [0.25, 0.3) is 0 Å². The van der Waals surface area contributed by atoms with Gasteiger partial charge in [0.2, 0.25) is 0 Å². The number of aryl methyl sites for hydroxylation is 1. The SMILES string of the molecule is Cc1cccc(NCC2CCCCN2C)c1. The molecule has 2 nitrogen and oxygen atoms in total. The molecule has 1 aromatic rings. The third-order valence-corrected chi connectivity index (χ3v) is 3.48. The summed E-state index contributed by atoms with van der Waals surface area (Å²) in [6.07, 6.45) is 4.07. The quantitative estimate of drug-likeness (QED) is 0.839. The summed E-state index contributed by atoms with van der Waals surface area (Å²) < 4.78 is 0. The highest BCUT2D eigenvalue weighted by molar-refractivity contribution is 5.45. The summed E-state index contributed by atoms with van der Waals surface area (Å²) >= 11 is 0. The zero-order valence-corrected chi connectivity index (χ0v) is 10.4. The van der Waals surface area contributed by atoms with Gasteiger partial charge in [-0.2, -0.15) is 0 Å². The van der Waals surface area contributed by atoms with Gasteiger partial charge in [0.1, 0.15) is 0 Å². The molecular weight excluding hydrogens is 196 g/mol. The van der Waals surface area contributed by atoms with Crippen molar-refractivity contribution < 1.29 is 0 Å². The molecule has 1 atom stereocenters. The van der Waals surface area contributed by atoms with Gasteiger partial charge in [-0.3, -0.25) is 0 Å². The first-order valence-electron chi connectivity index (χ1n) is 6.26. The van der Waals surface area contributed by atoms with Crippen LogP contribution in [0.5, 0.6) is 0 Å². The molecule has 16 heavy (non-hydrogen) atoms. The first-order chi connectivity index (χ1) is 7.75. The maximum absolute atomic E-state index is 3.54. The third-order valence-electron chi connectivity index (χ3n) is 3.48. The van der Waals surface area contributed by atoms with E-state index in [1.807, 2.05) is 0 Å². The Labute approximate surface area is 98.7 Å². The molecule has 0 spiro atoms. The van der Waals surface area contributed by atoms with Gasteiger partial charge in [-0.25, -0.2) is 0 Å². The summed E-state index contributed by atoms with van der Waals surface area (Å²) in [7, 11) is 2.24. The van der Waals surface area contributed by atoms with Gasteiger partial charge < -0.3 is 10.2 Å². The van der Waals surface area contributed by atoms with Crippen molar-refractivity contribution in [1.29, 1.82) is 0 Å². The summed E-state index contributed by atoms with van der Waals surface area (Å²) in [4.78, 5) is 2.48. The lowest BCUT2D eigenvalue weighted by molar-refractivity contribution is 0.194. The Hall–Kier alpha value is -1.02. The average molecular weight is 218 g/mol. The number of benzene rings is 1. The maximum atomic E-state index is 3.54. The molecule has 0 radical (unpaired) electrons. The molecular formula is C14H22N2. The van der Waals surface area contributed by atoms with Gasteiger partial charge in [0.05, 0.1) is 0 Å². The maximum Gasteiger partial charge on any atom is 0.0343 e. The highest BCUT2D eigenvalue weighted by Crippen LogP contribution is 2.16. The second-order valence-electron chi connectivity index (χ2n) is 4.88. The number of nitrogens with one attached hydrogen (secondary N) is 1. The predicted molar refractivity (Wildman–Crippen MR) is 69.9 cm³/mol. The second-order valence-corrected chi connectivity index (χ2v) is 4.88. The Morgan fingerprint density at radius 1 is 1.38 bits per heavy atom. The van der Waals surface area contributed by atoms with E-state index in [1.165, 1.54) is 37.1 Å². The Morgan fingerprint density at radius 3 is 3.00 bits per heavy atom. The molecule has 0 aliphatic carbocycles. The van der Waals surface area contributed by atoms with Gasteiger partial charge in [-0.15, -0.1) is 0 Å². The van der Waals surface area contributed by atoms with Crippen LogP contribution in [0.15, 0.2) is 24.3 Å². The van der Waals surface area contributed by atoms with Gasteiger partial charge in [-0.1, -0.05) is 18.6 Å². The molecule has 0 amide bonds. The summed E-state index contributed by atoms with van der Waals surface area (Å²) in [5.74, 6) is 0. The van der Waals surface area contributed by atoms with E-state index < -0.39 is 0 Å². The first-order valence-corrected chi connectivity index (χ1v) is 6.26. The molecule has 1 aliphatic heterocycles. The highest BCUT2D eigenvalue weighted by Gasteiger charge is 2.17. The van der Waals surface area contributed by atoms with Crippen molar-refractivity contribution in [3.8, 4) is 0 Å². The smallest absolute Gasteiger partial charge is 0.0343 e. The van der Waals surface area contributed by atoms with E-state index in [0.717, 1.165) is 6.54 Å². The van der Waals surface area contributed by atoms with Crippen molar-refractivity contribution in [2.75, 3.05) is 25.5 Å². The normalized spacial score (nSPS) is 22.0. The van der Waals surface area contributed by atoms with Crippen LogP contribution in [0.2, 0.25) is 0 Å². The standard InChI is InChI=1S/C14H22N2/c1-12-6-5-7-13(10-12)15-11-14-8-3-4-9-16(14)2/h5-7,10,14-15H,3-4,8-9,11H2,1-2H3. The molecule has 1 saturated heterocycles. The highest BCUT2D eigenvalue weighted by atomic mass is 15.2. The lowest BCUT2D eigenvalue weighted by Gasteiger charge is -2.32. The predicted octanol–water partition coefficient (Wildman–Crippen LogP) is 2.89. The number of likely N-dealkylation sites (N-methyl/N-ethyl adjacent to an activating group) is 1. The molecule has 0 saturated carbocycles. The molecule has 1 aromatic carbocycles. The topological polar surface area (TPSA) is 15.3 Å². The van der Waals surface area contributed by atoms with Gasteiger partial charge in [0.15, 0.2) is 0 Å². The van der Waals surface area contributed by atoms with Gasteiger partial charge in [-0.05, 0) is 51.1 Å². The van der Waals surface area contributed by atoms with Gasteiger partial charge in [0, 0.05) is 18.3 Å². The Kier molecular flexibility index (Phi) is 3.83. The summed E-state index contributed by atoms with van der Waals surface area (Å²) in [5, 5.41) is 3.54. The number of hydrogen-bond acceptors (Lipinski definition) is 2. The molecule has 2 heteroatoms. The third kappa shape index (κ3) is 2.99. The minimum absolute atomic E-state index is 0.703. The molecule has 0 bridgehead atoms. The molecule has 88 valence electrons. The summed E-state index contributed by atoms with van der Waals surface area (Å²) in [6.45, 7) is 4.46. The van der Waals surface area contributed by atoms with Crippen molar-refractivity contribution in [1.82, 2.24) is 4.90 Å². The van der Waals surface area contributed by atoms with Crippen LogP contribution in [0.3, 0.4) is 0 Å². The number of nitrogens with zero attached hydrogens (tertiary/aromatic N) is 1. The number of hydrogen-bond donors (Lipinski definition) is 1. The molecule has 0 aromatic heterocycles. The summed E-state index contributed by atoms with van der Waals surface area (Å²) in [6, 6.07) is 9.31. The van der Waals surface area contributed by atoms with E-state index in [0.29, 0.717) is 6.04 Å². The zero-order valence-electron chi connectivity index (χ0n) is 10.4. The molecule has 1 heterocycles. The lowest BCUT2D eigenvalue weighted by atomic mass is 10.0. The number of anilines is 1. The van der Waals surface area contributed by atoms with Gasteiger partial charge >= 0.3 is 0 Å². The van der Waals surface area contributed by atoms with Crippen molar-refractivity contribution in [3.63, 3.8) is 0 Å². The van der Waals surface area contributed by atoms with E-state index in [9.17, 15) is 0 Å². The largest absolute Gasteiger partial charge is 0.383 e. The van der Waals surface area contributed by atoms with Crippen LogP contribution in [0.4, 0.5) is 5.69 Å². The molecule has 1 aliphatic rings. The van der Waals surface area contributed by atoms with E-state index in [1.54, 1.807) is 0 Å². The fourth-order valence-electron chi connectivity index (χ4n) is 2.39. The van der Waals surface area contributed by atoms with Crippen molar-refractivity contribution >= 4 is 5.69 Å². The van der Waals surface area contributed by atoms with Crippen LogP contribution in [0.1, 0.15) is 24.8 Å². The molecule has 1 fully saturated rings.